The van der Waals surface area contributed by atoms with Crippen molar-refractivity contribution in [1.29, 1.82) is 0 Å². The highest BCUT2D eigenvalue weighted by Crippen LogP contribution is 2.45. The van der Waals surface area contributed by atoms with Crippen molar-refractivity contribution in [2.45, 2.75) is 273 Å². The molecular weight excluding hydrogens is 1160 g/mol. The van der Waals surface area contributed by atoms with Crippen LogP contribution in [0.4, 0.5) is 0 Å². The normalized spacial score (nSPS) is 46.8. The first-order valence-corrected chi connectivity index (χ1v) is 29.4. The average molecular weight is 1250 g/mol. The standard InChI is InChI=1S/C52H96N6O28/c1-2-3-4-5-6-7-8-9-10-11-14-51(76)42(72)32(58)49(84-41-24(18-62)80-47(30(56)36(41)70)82-39-22(16-60)78-45(75)28(54)34(39)68)86-52(51,20-64)26(66)13-12-25(65)50(19-63)43(73)37(71)31(57)48(85-50)83-40-23(17-61)79-46(29(55)35(40)69)81-38-21(15-59)77-44(74)27(53)33(38)67/h21-24,27-49,59-64,67-76H,2-20,53-58H2,1H3/t21-,22-,23-,24-,27-,28-,29-,30-,31-,32-,33-,34-,35-,36-,37-,38?,39?,40?,41?,42-,43+,44-,45-,46+,47+,48+,49+,50+,51+,52+/m1/s1. The van der Waals surface area contributed by atoms with E-state index in [1.54, 1.807) is 0 Å². The molecule has 502 valence electrons. The van der Waals surface area contributed by atoms with Crippen molar-refractivity contribution in [2.24, 2.45) is 34.4 Å². The van der Waals surface area contributed by atoms with E-state index >= 15 is 0 Å². The number of carbonyl (C=O) groups excluding carboxylic acids is 2. The molecule has 0 aromatic carbocycles. The van der Waals surface area contributed by atoms with Crippen LogP contribution >= 0.6 is 0 Å². The Bertz CT molecular complexity index is 2090. The Balaban J connectivity index is 1.22. The molecule has 6 saturated heterocycles. The lowest BCUT2D eigenvalue weighted by Gasteiger charge is -2.56. The number of carbonyl (C=O) groups is 2. The van der Waals surface area contributed by atoms with E-state index in [9.17, 15) is 91.3 Å². The number of hydrogen-bond acceptors (Lipinski definition) is 34. The van der Waals surface area contributed by atoms with Crippen LogP contribution in [-0.4, -0.2) is 315 Å². The molecular formula is C52H96N6O28. The zero-order valence-electron chi connectivity index (χ0n) is 48.0. The molecule has 6 aliphatic rings. The first kappa shape index (κ1) is 73.1. The monoisotopic (exact) mass is 1250 g/mol. The molecule has 0 aliphatic carbocycles. The highest BCUT2D eigenvalue weighted by molar-refractivity contribution is 5.95. The van der Waals surface area contributed by atoms with Crippen molar-refractivity contribution in [1.82, 2.24) is 0 Å². The topological polar surface area (TPSA) is 606 Å². The van der Waals surface area contributed by atoms with Gasteiger partial charge in [-0.1, -0.05) is 71.1 Å². The van der Waals surface area contributed by atoms with E-state index in [2.05, 4.69) is 6.92 Å². The van der Waals surface area contributed by atoms with Crippen molar-refractivity contribution in [2.75, 3.05) is 39.6 Å². The largest absolute Gasteiger partial charge is 0.394 e. The molecule has 6 rings (SSSR count). The first-order valence-electron chi connectivity index (χ1n) is 29.4. The van der Waals surface area contributed by atoms with Crippen molar-refractivity contribution in [3.05, 3.63) is 0 Å². The lowest BCUT2D eigenvalue weighted by molar-refractivity contribution is -0.369. The zero-order chi connectivity index (χ0) is 63.7. The second kappa shape index (κ2) is 32.1. The Labute approximate surface area is 496 Å². The molecule has 6 heterocycles. The summed E-state index contributed by atoms with van der Waals surface area (Å²) in [5.41, 5.74) is 28.4. The molecule has 0 saturated carbocycles. The Morgan fingerprint density at radius 1 is 0.419 bits per heavy atom. The summed E-state index contributed by atoms with van der Waals surface area (Å²) >= 11 is 0. The minimum absolute atomic E-state index is 0.116. The van der Waals surface area contributed by atoms with E-state index < -0.39 is 253 Å². The molecule has 86 heavy (non-hydrogen) atoms. The Kier molecular flexibility index (Phi) is 27.3. The molecule has 4 unspecified atom stereocenters. The summed E-state index contributed by atoms with van der Waals surface area (Å²) in [6, 6.07) is -9.78. The number of hydrogen-bond donors (Lipinski definition) is 22. The van der Waals surface area contributed by atoms with Crippen LogP contribution in [0.5, 0.6) is 0 Å². The fourth-order valence-electron chi connectivity index (χ4n) is 12.1. The van der Waals surface area contributed by atoms with Crippen LogP contribution in [0.1, 0.15) is 90.4 Å². The van der Waals surface area contributed by atoms with Crippen molar-refractivity contribution < 1.29 is 139 Å². The van der Waals surface area contributed by atoms with Gasteiger partial charge in [0.15, 0.2) is 60.5 Å². The minimum Gasteiger partial charge on any atom is -0.394 e. The molecule has 0 spiro atoms. The number of nitrogens with two attached hydrogens (primary N) is 6. The number of aliphatic hydroxyl groups excluding tert-OH is 15. The van der Waals surface area contributed by atoms with Crippen LogP contribution in [0.2, 0.25) is 0 Å². The van der Waals surface area contributed by atoms with E-state index in [0.717, 1.165) is 44.9 Å². The predicted molar refractivity (Wildman–Crippen MR) is 287 cm³/mol. The maximum atomic E-state index is 15.0. The molecule has 34 nitrogen and oxygen atoms in total. The van der Waals surface area contributed by atoms with Gasteiger partial charge in [0, 0.05) is 12.8 Å². The molecule has 0 amide bonds. The summed E-state index contributed by atoms with van der Waals surface area (Å²) < 4.78 is 57.7. The predicted octanol–water partition coefficient (Wildman–Crippen LogP) is -11.0. The highest BCUT2D eigenvalue weighted by Gasteiger charge is 2.68. The Morgan fingerprint density at radius 3 is 1.19 bits per heavy atom. The van der Waals surface area contributed by atoms with Gasteiger partial charge in [0.25, 0.3) is 0 Å². The van der Waals surface area contributed by atoms with Gasteiger partial charge in [0.2, 0.25) is 0 Å². The van der Waals surface area contributed by atoms with E-state index in [-0.39, 0.29) is 6.42 Å². The van der Waals surface area contributed by atoms with Crippen LogP contribution in [-0.2, 0) is 57.0 Å². The van der Waals surface area contributed by atoms with Gasteiger partial charge in [-0.05, 0) is 6.42 Å². The van der Waals surface area contributed by atoms with Gasteiger partial charge in [-0.3, -0.25) is 9.59 Å². The maximum absolute atomic E-state index is 15.0. The molecule has 0 aromatic heterocycles. The fourth-order valence-corrected chi connectivity index (χ4v) is 12.1. The van der Waals surface area contributed by atoms with Gasteiger partial charge in [-0.15, -0.1) is 0 Å². The quantitative estimate of drug-likeness (QED) is 0.0297. The third-order valence-corrected chi connectivity index (χ3v) is 17.7. The van der Waals surface area contributed by atoms with Gasteiger partial charge in [0.05, 0.1) is 75.9 Å². The lowest BCUT2D eigenvalue weighted by Crippen LogP contribution is -2.79. The lowest BCUT2D eigenvalue weighted by atomic mass is 9.68. The van der Waals surface area contributed by atoms with E-state index in [1.165, 1.54) is 0 Å². The summed E-state index contributed by atoms with van der Waals surface area (Å²) in [5, 5.41) is 176. The van der Waals surface area contributed by atoms with Gasteiger partial charge in [-0.25, -0.2) is 0 Å². The zero-order valence-corrected chi connectivity index (χ0v) is 48.0. The summed E-state index contributed by atoms with van der Waals surface area (Å²) in [7, 11) is 0. The summed E-state index contributed by atoms with van der Waals surface area (Å²) in [4.78, 5) is 29.5. The SMILES string of the molecule is CCCCCCCCCCCC[C@]1(O)[C@H](O)[C@@H](N)[C@@H](OC2[C@@H](CO)O[C@@H](OC3[C@@H](CO)O[C@@H](O)[C@H](N)[C@H]3O)[C@H](N)[C@H]2O)O[C@@]1(CO)C(=O)CCC(=O)[C@]1(CO)O[C@H](OC2[C@@H](CO)O[C@@H](OC3[C@@H](CO)O[C@@H](O)[C@H](N)[C@H]3O)[C@H](N)[C@H]2O)[C@H](N)[C@@H](O)[C@@H]1O. The summed E-state index contributed by atoms with van der Waals surface area (Å²) in [5.74, 6) is -2.64. The smallest absolute Gasteiger partial charge is 0.183 e. The van der Waals surface area contributed by atoms with E-state index in [0.29, 0.717) is 12.8 Å². The number of ketones is 2. The van der Waals surface area contributed by atoms with Gasteiger partial charge < -0.3 is 163 Å². The second-order valence-electron chi connectivity index (χ2n) is 23.4. The molecule has 34 heteroatoms. The maximum Gasteiger partial charge on any atom is 0.183 e. The van der Waals surface area contributed by atoms with Gasteiger partial charge in [-0.2, -0.15) is 0 Å². The third kappa shape index (κ3) is 15.1. The Hall–Kier alpha value is -1.94. The second-order valence-corrected chi connectivity index (χ2v) is 23.4. The van der Waals surface area contributed by atoms with Crippen LogP contribution in [0, 0.1) is 0 Å². The first-order chi connectivity index (χ1) is 40.7. The minimum atomic E-state index is -2.97. The molecule has 28 N–H and O–H groups in total. The van der Waals surface area contributed by atoms with Gasteiger partial charge in [0.1, 0.15) is 97.2 Å². The molecule has 6 aliphatic heterocycles. The summed E-state index contributed by atoms with van der Waals surface area (Å²) in [6.07, 6.45) is -31.9. The molecule has 0 aromatic rings. The summed E-state index contributed by atoms with van der Waals surface area (Å²) in [6.45, 7) is -4.31. The molecule has 6 fully saturated rings. The van der Waals surface area contributed by atoms with Crippen LogP contribution in [0.3, 0.4) is 0 Å². The molecule has 30 atom stereocenters. The van der Waals surface area contributed by atoms with Crippen molar-refractivity contribution >= 4 is 11.6 Å². The van der Waals surface area contributed by atoms with Crippen molar-refractivity contribution in [3.8, 4) is 0 Å². The van der Waals surface area contributed by atoms with Gasteiger partial charge >= 0.3 is 0 Å². The fraction of sp³-hybridized carbons (Fsp3) is 0.962. The van der Waals surface area contributed by atoms with Crippen LogP contribution < -0.4 is 34.4 Å². The number of ether oxygens (including phenoxy) is 10. The third-order valence-electron chi connectivity index (χ3n) is 17.7. The Morgan fingerprint density at radius 2 is 0.779 bits per heavy atom. The van der Waals surface area contributed by atoms with E-state index in [4.69, 9.17) is 81.8 Å². The highest BCUT2D eigenvalue weighted by atomic mass is 16.8. The number of rotatable bonds is 30. The van der Waals surface area contributed by atoms with Crippen LogP contribution in [0.25, 0.3) is 0 Å². The number of aliphatic hydroxyl groups is 16. The van der Waals surface area contributed by atoms with Crippen molar-refractivity contribution in [3.63, 3.8) is 0 Å². The number of Topliss-reactive ketones (excluding diaryl/α,β-unsaturated/α-hetero) is 2. The van der Waals surface area contributed by atoms with E-state index in [1.807, 2.05) is 0 Å². The number of unbranched alkanes of at least 4 members (excludes halogenated alkanes) is 9. The average Bonchev–Trinajstić information content (AvgIpc) is 0.842. The van der Waals surface area contributed by atoms with Crippen LogP contribution in [0.15, 0.2) is 0 Å². The molecule has 0 bridgehead atoms. The molecule has 0 radical (unpaired) electrons.